The van der Waals surface area contributed by atoms with Gasteiger partial charge in [0.2, 0.25) is 0 Å². The number of pyridine rings is 1. The fourth-order valence-corrected chi connectivity index (χ4v) is 2.39. The lowest BCUT2D eigenvalue weighted by molar-refractivity contribution is 0.415. The zero-order chi connectivity index (χ0) is 15.5. The molecule has 3 rings (SSSR count). The van der Waals surface area contributed by atoms with Crippen LogP contribution in [0.25, 0.3) is 10.9 Å². The first-order valence-corrected chi connectivity index (χ1v) is 6.92. The minimum atomic E-state index is 0.623. The molecule has 0 aliphatic carbocycles. The van der Waals surface area contributed by atoms with Crippen molar-refractivity contribution in [2.45, 2.75) is 6.92 Å². The molecule has 4 heteroatoms. The number of anilines is 2. The number of nitriles is 1. The Morgan fingerprint density at radius 2 is 2.00 bits per heavy atom. The van der Waals surface area contributed by atoms with E-state index in [9.17, 15) is 0 Å². The highest BCUT2D eigenvalue weighted by molar-refractivity contribution is 5.94. The summed E-state index contributed by atoms with van der Waals surface area (Å²) in [6.45, 7) is 1.96. The van der Waals surface area contributed by atoms with Crippen LogP contribution in [0, 0.1) is 18.3 Å². The van der Waals surface area contributed by atoms with Gasteiger partial charge in [-0.3, -0.25) is 4.98 Å². The summed E-state index contributed by atoms with van der Waals surface area (Å²) < 4.78 is 5.30. The molecule has 0 spiro atoms. The Morgan fingerprint density at radius 3 is 2.77 bits per heavy atom. The van der Waals surface area contributed by atoms with Crippen molar-refractivity contribution in [2.24, 2.45) is 0 Å². The van der Waals surface area contributed by atoms with Crippen LogP contribution in [0.5, 0.6) is 5.75 Å². The molecule has 0 amide bonds. The molecule has 1 N–H and O–H groups in total. The van der Waals surface area contributed by atoms with Crippen molar-refractivity contribution in [2.75, 3.05) is 12.4 Å². The normalized spacial score (nSPS) is 10.2. The van der Waals surface area contributed by atoms with E-state index in [2.05, 4.69) is 16.4 Å². The van der Waals surface area contributed by atoms with Crippen molar-refractivity contribution in [3.8, 4) is 11.8 Å². The van der Waals surface area contributed by atoms with E-state index in [0.29, 0.717) is 5.56 Å². The first-order chi connectivity index (χ1) is 10.7. The molecule has 0 aliphatic heterocycles. The molecule has 0 bridgehead atoms. The molecular formula is C18H15N3O. The van der Waals surface area contributed by atoms with Gasteiger partial charge in [-0.15, -0.1) is 0 Å². The van der Waals surface area contributed by atoms with E-state index in [4.69, 9.17) is 10.00 Å². The zero-order valence-electron chi connectivity index (χ0n) is 12.4. The van der Waals surface area contributed by atoms with Crippen LogP contribution >= 0.6 is 0 Å². The number of ether oxygens (including phenoxy) is 1. The third-order valence-electron chi connectivity index (χ3n) is 3.41. The lowest BCUT2D eigenvalue weighted by Gasteiger charge is -2.12. The fraction of sp³-hybridized carbons (Fsp3) is 0.111. The quantitative estimate of drug-likeness (QED) is 0.786. The maximum atomic E-state index is 9.01. The van der Waals surface area contributed by atoms with Crippen molar-refractivity contribution in [1.82, 2.24) is 4.98 Å². The van der Waals surface area contributed by atoms with Crippen LogP contribution in [0.2, 0.25) is 0 Å². The molecule has 0 fully saturated rings. The van der Waals surface area contributed by atoms with E-state index >= 15 is 0 Å². The molecule has 0 saturated carbocycles. The molecule has 4 nitrogen and oxygen atoms in total. The molecule has 0 unspecified atom stereocenters. The van der Waals surface area contributed by atoms with E-state index in [0.717, 1.165) is 33.7 Å². The number of aromatic nitrogens is 1. The van der Waals surface area contributed by atoms with Crippen LogP contribution in [-0.4, -0.2) is 12.1 Å². The molecule has 0 saturated heterocycles. The van der Waals surface area contributed by atoms with Gasteiger partial charge in [0.05, 0.1) is 24.3 Å². The highest BCUT2D eigenvalue weighted by atomic mass is 16.5. The summed E-state index contributed by atoms with van der Waals surface area (Å²) in [6.07, 6.45) is 0. The first kappa shape index (κ1) is 13.9. The summed E-state index contributed by atoms with van der Waals surface area (Å²) in [6, 6.07) is 17.3. The molecular weight excluding hydrogens is 274 g/mol. The smallest absolute Gasteiger partial charge is 0.119 e. The summed E-state index contributed by atoms with van der Waals surface area (Å²) in [7, 11) is 1.65. The minimum Gasteiger partial charge on any atom is -0.497 e. The summed E-state index contributed by atoms with van der Waals surface area (Å²) >= 11 is 0. The van der Waals surface area contributed by atoms with E-state index < -0.39 is 0 Å². The van der Waals surface area contributed by atoms with E-state index in [-0.39, 0.29) is 0 Å². The lowest BCUT2D eigenvalue weighted by Crippen LogP contribution is -1.95. The van der Waals surface area contributed by atoms with Gasteiger partial charge in [0, 0.05) is 22.5 Å². The maximum Gasteiger partial charge on any atom is 0.119 e. The highest BCUT2D eigenvalue weighted by Gasteiger charge is 2.06. The number of aryl methyl sites for hydroxylation is 1. The number of nitrogens with zero attached hydrogens (tertiary/aromatic N) is 2. The largest absolute Gasteiger partial charge is 0.497 e. The molecule has 0 atom stereocenters. The summed E-state index contributed by atoms with van der Waals surface area (Å²) in [5.41, 5.74) is 4.26. The molecule has 108 valence electrons. The Kier molecular flexibility index (Phi) is 3.63. The Bertz CT molecular complexity index is 881. The fourth-order valence-electron chi connectivity index (χ4n) is 2.39. The molecule has 1 heterocycles. The first-order valence-electron chi connectivity index (χ1n) is 6.92. The predicted octanol–water partition coefficient (Wildman–Crippen LogP) is 4.17. The van der Waals surface area contributed by atoms with Crippen LogP contribution in [0.15, 0.2) is 48.5 Å². The van der Waals surface area contributed by atoms with E-state index in [1.54, 1.807) is 13.2 Å². The van der Waals surface area contributed by atoms with E-state index in [1.165, 1.54) is 0 Å². The second-order valence-electron chi connectivity index (χ2n) is 5.01. The number of nitrogens with one attached hydrogen (secondary N) is 1. The third-order valence-corrected chi connectivity index (χ3v) is 3.41. The van der Waals surface area contributed by atoms with Gasteiger partial charge < -0.3 is 10.1 Å². The predicted molar refractivity (Wildman–Crippen MR) is 87.5 cm³/mol. The molecule has 0 radical (unpaired) electrons. The average molecular weight is 289 g/mol. The number of methoxy groups -OCH3 is 1. The van der Waals surface area contributed by atoms with Crippen LogP contribution in [0.1, 0.15) is 11.3 Å². The molecule has 2 aromatic carbocycles. The maximum absolute atomic E-state index is 9.01. The Balaban J connectivity index is 2.10. The number of hydrogen-bond donors (Lipinski definition) is 1. The van der Waals surface area contributed by atoms with Gasteiger partial charge in [-0.1, -0.05) is 6.07 Å². The summed E-state index contributed by atoms with van der Waals surface area (Å²) in [5.74, 6) is 0.784. The van der Waals surface area contributed by atoms with Gasteiger partial charge >= 0.3 is 0 Å². The highest BCUT2D eigenvalue weighted by Crippen LogP contribution is 2.29. The van der Waals surface area contributed by atoms with Crippen molar-refractivity contribution in [1.29, 1.82) is 5.26 Å². The monoisotopic (exact) mass is 289 g/mol. The van der Waals surface area contributed by atoms with Crippen LogP contribution in [0.3, 0.4) is 0 Å². The van der Waals surface area contributed by atoms with Gasteiger partial charge in [0.25, 0.3) is 0 Å². The Hall–Kier alpha value is -3.06. The molecule has 0 aliphatic rings. The van der Waals surface area contributed by atoms with Crippen molar-refractivity contribution < 1.29 is 4.74 Å². The number of rotatable bonds is 3. The zero-order valence-corrected chi connectivity index (χ0v) is 12.4. The van der Waals surface area contributed by atoms with Gasteiger partial charge in [0.1, 0.15) is 5.75 Å². The van der Waals surface area contributed by atoms with Crippen molar-refractivity contribution in [3.05, 3.63) is 59.8 Å². The number of hydrogen-bond acceptors (Lipinski definition) is 4. The van der Waals surface area contributed by atoms with Gasteiger partial charge in [-0.05, 0) is 49.4 Å². The van der Waals surface area contributed by atoms with Crippen molar-refractivity contribution in [3.63, 3.8) is 0 Å². The topological polar surface area (TPSA) is 57.9 Å². The number of fused-ring (bicyclic) bond motifs is 1. The number of benzene rings is 2. The lowest BCUT2D eigenvalue weighted by atomic mass is 10.1. The minimum absolute atomic E-state index is 0.623. The third kappa shape index (κ3) is 2.70. The van der Waals surface area contributed by atoms with Crippen LogP contribution in [0.4, 0.5) is 11.4 Å². The van der Waals surface area contributed by atoms with Gasteiger partial charge in [-0.2, -0.15) is 5.26 Å². The van der Waals surface area contributed by atoms with Crippen LogP contribution in [-0.2, 0) is 0 Å². The van der Waals surface area contributed by atoms with Gasteiger partial charge in [0.15, 0.2) is 0 Å². The standard InChI is InChI=1S/C18H15N3O/c1-12-8-18(21-14-5-3-4-13(9-14)11-19)16-10-15(22-2)6-7-17(16)20-12/h3-10H,1-2H3,(H,20,21). The van der Waals surface area contributed by atoms with Crippen LogP contribution < -0.4 is 10.1 Å². The van der Waals surface area contributed by atoms with E-state index in [1.807, 2.05) is 49.4 Å². The van der Waals surface area contributed by atoms with Gasteiger partial charge in [-0.25, -0.2) is 0 Å². The SMILES string of the molecule is COc1ccc2nc(C)cc(Nc3cccc(C#N)c3)c2c1. The Labute approximate surface area is 129 Å². The average Bonchev–Trinajstić information content (AvgIpc) is 2.54. The molecule has 1 aromatic heterocycles. The Morgan fingerprint density at radius 1 is 1.14 bits per heavy atom. The summed E-state index contributed by atoms with van der Waals surface area (Å²) in [4.78, 5) is 4.54. The summed E-state index contributed by atoms with van der Waals surface area (Å²) in [5, 5.41) is 13.4. The van der Waals surface area contributed by atoms with Crippen molar-refractivity contribution >= 4 is 22.3 Å². The second kappa shape index (κ2) is 5.74. The molecule has 3 aromatic rings. The second-order valence-corrected chi connectivity index (χ2v) is 5.01. The molecule has 22 heavy (non-hydrogen) atoms.